The lowest BCUT2D eigenvalue weighted by Crippen LogP contribution is -2.17. The van der Waals surface area contributed by atoms with Gasteiger partial charge in [0, 0.05) is 0 Å². The minimum Gasteiger partial charge on any atom is -0.495 e. The van der Waals surface area contributed by atoms with E-state index in [9.17, 15) is 4.79 Å². The summed E-state index contributed by atoms with van der Waals surface area (Å²) in [6.45, 7) is 4.30. The van der Waals surface area contributed by atoms with Crippen LogP contribution in [0.3, 0.4) is 0 Å². The Kier molecular flexibility index (Phi) is 6.83. The molecule has 0 saturated heterocycles. The van der Waals surface area contributed by atoms with Gasteiger partial charge in [0.05, 0.1) is 25.6 Å². The highest BCUT2D eigenvalue weighted by atomic mass is 16.6. The highest BCUT2D eigenvalue weighted by Gasteiger charge is 2.08. The molecule has 0 bridgehead atoms. The smallest absolute Gasteiger partial charge is 0.265 e. The Hall–Kier alpha value is -3.02. The monoisotopic (exact) mass is 342 g/mol. The lowest BCUT2D eigenvalue weighted by Gasteiger charge is -2.10. The first-order chi connectivity index (χ1) is 12.1. The van der Waals surface area contributed by atoms with Crippen molar-refractivity contribution in [1.29, 1.82) is 0 Å². The van der Waals surface area contributed by atoms with Gasteiger partial charge >= 0.3 is 0 Å². The zero-order chi connectivity index (χ0) is 18.1. The van der Waals surface area contributed by atoms with Crippen LogP contribution >= 0.6 is 0 Å². The fourth-order valence-electron chi connectivity index (χ4n) is 2.12. The zero-order valence-electron chi connectivity index (χ0n) is 14.6. The molecule has 0 fully saturated rings. The molecule has 0 saturated carbocycles. The SMILES string of the molecule is CCOc1ccc(/C=N\OCC(=O)Nc2cc(C)ccc2OC)cc1. The predicted molar refractivity (Wildman–Crippen MR) is 97.5 cm³/mol. The van der Waals surface area contributed by atoms with Crippen LogP contribution in [0.5, 0.6) is 11.5 Å². The maximum Gasteiger partial charge on any atom is 0.265 e. The molecule has 25 heavy (non-hydrogen) atoms. The van der Waals surface area contributed by atoms with Gasteiger partial charge < -0.3 is 19.6 Å². The number of hydrogen-bond acceptors (Lipinski definition) is 5. The highest BCUT2D eigenvalue weighted by Crippen LogP contribution is 2.24. The molecule has 0 aliphatic rings. The number of carbonyl (C=O) groups is 1. The molecule has 1 N–H and O–H groups in total. The Morgan fingerprint density at radius 2 is 1.96 bits per heavy atom. The summed E-state index contributed by atoms with van der Waals surface area (Å²) >= 11 is 0. The molecule has 0 atom stereocenters. The highest BCUT2D eigenvalue weighted by molar-refractivity contribution is 5.93. The van der Waals surface area contributed by atoms with E-state index in [2.05, 4.69) is 10.5 Å². The second-order valence-corrected chi connectivity index (χ2v) is 5.26. The van der Waals surface area contributed by atoms with Gasteiger partial charge in [-0.05, 0) is 61.4 Å². The summed E-state index contributed by atoms with van der Waals surface area (Å²) in [7, 11) is 1.55. The van der Waals surface area contributed by atoms with E-state index in [1.807, 2.05) is 50.2 Å². The molecule has 2 rings (SSSR count). The second-order valence-electron chi connectivity index (χ2n) is 5.26. The molecule has 6 nitrogen and oxygen atoms in total. The summed E-state index contributed by atoms with van der Waals surface area (Å²) in [6.07, 6.45) is 1.54. The third-order valence-electron chi connectivity index (χ3n) is 3.29. The topological polar surface area (TPSA) is 69.2 Å². The summed E-state index contributed by atoms with van der Waals surface area (Å²) in [5.74, 6) is 1.08. The molecule has 0 spiro atoms. The van der Waals surface area contributed by atoms with Gasteiger partial charge in [-0.25, -0.2) is 0 Å². The van der Waals surface area contributed by atoms with Crippen molar-refractivity contribution in [1.82, 2.24) is 0 Å². The molecule has 0 radical (unpaired) electrons. The number of amides is 1. The Balaban J connectivity index is 1.83. The van der Waals surface area contributed by atoms with Gasteiger partial charge in [0.25, 0.3) is 5.91 Å². The van der Waals surface area contributed by atoms with Crippen molar-refractivity contribution in [3.05, 3.63) is 53.6 Å². The van der Waals surface area contributed by atoms with Gasteiger partial charge in [-0.15, -0.1) is 0 Å². The molecule has 0 aliphatic heterocycles. The molecular weight excluding hydrogens is 320 g/mol. The molecule has 0 heterocycles. The Bertz CT molecular complexity index is 727. The molecule has 0 aliphatic carbocycles. The predicted octanol–water partition coefficient (Wildman–Crippen LogP) is 3.39. The van der Waals surface area contributed by atoms with Gasteiger partial charge in [-0.2, -0.15) is 0 Å². The maximum atomic E-state index is 11.9. The maximum absolute atomic E-state index is 11.9. The first-order valence-corrected chi connectivity index (χ1v) is 7.95. The van der Waals surface area contributed by atoms with Crippen molar-refractivity contribution in [3.63, 3.8) is 0 Å². The molecule has 0 aromatic heterocycles. The van der Waals surface area contributed by atoms with Crippen molar-refractivity contribution in [2.45, 2.75) is 13.8 Å². The standard InChI is InChI=1S/C19H22N2O4/c1-4-24-16-8-6-15(7-9-16)12-20-25-13-19(22)21-17-11-14(2)5-10-18(17)23-3/h5-12H,4,13H2,1-3H3,(H,21,22)/b20-12-. The van der Waals surface area contributed by atoms with Gasteiger partial charge in [0.2, 0.25) is 0 Å². The van der Waals surface area contributed by atoms with E-state index in [0.717, 1.165) is 16.9 Å². The third kappa shape index (κ3) is 5.84. The van der Waals surface area contributed by atoms with Crippen LogP contribution in [0.15, 0.2) is 47.6 Å². The zero-order valence-corrected chi connectivity index (χ0v) is 14.6. The molecular formula is C19H22N2O4. The number of hydrogen-bond donors (Lipinski definition) is 1. The van der Waals surface area contributed by atoms with E-state index in [-0.39, 0.29) is 12.5 Å². The summed E-state index contributed by atoms with van der Waals surface area (Å²) in [5, 5.41) is 6.54. The third-order valence-corrected chi connectivity index (χ3v) is 3.29. The lowest BCUT2D eigenvalue weighted by atomic mass is 10.2. The summed E-state index contributed by atoms with van der Waals surface area (Å²) in [4.78, 5) is 17.0. The van der Waals surface area contributed by atoms with Gasteiger partial charge in [-0.1, -0.05) is 11.2 Å². The average Bonchev–Trinajstić information content (AvgIpc) is 2.60. The molecule has 0 unspecified atom stereocenters. The molecule has 1 amide bonds. The average molecular weight is 342 g/mol. The fraction of sp³-hybridized carbons (Fsp3) is 0.263. The van der Waals surface area contributed by atoms with Gasteiger partial charge in [0.15, 0.2) is 6.61 Å². The first kappa shape index (κ1) is 18.3. The normalized spacial score (nSPS) is 10.5. The number of aryl methyl sites for hydroxylation is 1. The van der Waals surface area contributed by atoms with Gasteiger partial charge in [-0.3, -0.25) is 4.79 Å². The minimum absolute atomic E-state index is 0.190. The number of ether oxygens (including phenoxy) is 2. The van der Waals surface area contributed by atoms with E-state index in [1.54, 1.807) is 13.2 Å². The van der Waals surface area contributed by atoms with Crippen LogP contribution in [-0.4, -0.2) is 32.4 Å². The van der Waals surface area contributed by atoms with Crippen LogP contribution in [0, 0.1) is 6.92 Å². The van der Waals surface area contributed by atoms with E-state index >= 15 is 0 Å². The molecule has 132 valence electrons. The minimum atomic E-state index is -0.312. The van der Waals surface area contributed by atoms with E-state index < -0.39 is 0 Å². The van der Waals surface area contributed by atoms with Crippen LogP contribution in [-0.2, 0) is 9.63 Å². The number of oxime groups is 1. The number of carbonyl (C=O) groups excluding carboxylic acids is 1. The summed E-state index contributed by atoms with van der Waals surface area (Å²) < 4.78 is 10.6. The van der Waals surface area contributed by atoms with Crippen LogP contribution in [0.4, 0.5) is 5.69 Å². The molecule has 6 heteroatoms. The van der Waals surface area contributed by atoms with Crippen molar-refractivity contribution in [3.8, 4) is 11.5 Å². The largest absolute Gasteiger partial charge is 0.495 e. The van der Waals surface area contributed by atoms with Crippen molar-refractivity contribution in [2.75, 3.05) is 25.6 Å². The van der Waals surface area contributed by atoms with Crippen molar-refractivity contribution >= 4 is 17.8 Å². The molecule has 2 aromatic rings. The number of rotatable bonds is 8. The lowest BCUT2D eigenvalue weighted by molar-refractivity contribution is -0.120. The number of nitrogens with zero attached hydrogens (tertiary/aromatic N) is 1. The van der Waals surface area contributed by atoms with Crippen molar-refractivity contribution < 1.29 is 19.1 Å². The van der Waals surface area contributed by atoms with Crippen LogP contribution in [0.2, 0.25) is 0 Å². The summed E-state index contributed by atoms with van der Waals surface area (Å²) in [5.41, 5.74) is 2.47. The number of benzene rings is 2. The van der Waals surface area contributed by atoms with Crippen LogP contribution in [0.1, 0.15) is 18.1 Å². The van der Waals surface area contributed by atoms with Crippen LogP contribution in [0.25, 0.3) is 0 Å². The Morgan fingerprint density at radius 3 is 2.64 bits per heavy atom. The van der Waals surface area contributed by atoms with Gasteiger partial charge in [0.1, 0.15) is 11.5 Å². The molecule has 2 aromatic carbocycles. The first-order valence-electron chi connectivity index (χ1n) is 7.95. The Labute approximate surface area is 147 Å². The van der Waals surface area contributed by atoms with E-state index in [4.69, 9.17) is 14.3 Å². The summed E-state index contributed by atoms with van der Waals surface area (Å²) in [6, 6.07) is 13.0. The number of anilines is 1. The second kappa shape index (κ2) is 9.32. The van der Waals surface area contributed by atoms with Crippen molar-refractivity contribution in [2.24, 2.45) is 5.16 Å². The van der Waals surface area contributed by atoms with E-state index in [1.165, 1.54) is 6.21 Å². The quantitative estimate of drug-likeness (QED) is 0.590. The number of methoxy groups -OCH3 is 1. The van der Waals surface area contributed by atoms with E-state index in [0.29, 0.717) is 18.0 Å². The van der Waals surface area contributed by atoms with Crippen LogP contribution < -0.4 is 14.8 Å². The number of nitrogens with one attached hydrogen (secondary N) is 1. The fourth-order valence-corrected chi connectivity index (χ4v) is 2.12. The Morgan fingerprint density at radius 1 is 1.20 bits per heavy atom.